The molecule has 1 aliphatic heterocycles. The van der Waals surface area contributed by atoms with Crippen LogP contribution in [0, 0.1) is 0 Å². The predicted molar refractivity (Wildman–Crippen MR) is 122 cm³/mol. The van der Waals surface area contributed by atoms with Crippen LogP contribution in [0.5, 0.6) is 0 Å². The molecule has 0 saturated carbocycles. The number of alkyl halides is 3. The first-order valence-electron chi connectivity index (χ1n) is 9.90. The third-order valence-electron chi connectivity index (χ3n) is 4.81. The van der Waals surface area contributed by atoms with Crippen molar-refractivity contribution in [1.82, 2.24) is 15.6 Å². The van der Waals surface area contributed by atoms with Gasteiger partial charge in [-0.15, -0.1) is 11.3 Å². The fraction of sp³-hybridized carbons (Fsp3) is 0.429. The van der Waals surface area contributed by atoms with E-state index in [0.29, 0.717) is 10.5 Å². The molecule has 1 amide bonds. The van der Waals surface area contributed by atoms with E-state index >= 15 is 0 Å². The van der Waals surface area contributed by atoms with E-state index in [0.717, 1.165) is 23.8 Å². The summed E-state index contributed by atoms with van der Waals surface area (Å²) >= 11 is 1.16. The quantitative estimate of drug-likeness (QED) is 0.291. The third-order valence-corrected chi connectivity index (χ3v) is 6.05. The van der Waals surface area contributed by atoms with Gasteiger partial charge in [0.05, 0.1) is 17.4 Å². The summed E-state index contributed by atoms with van der Waals surface area (Å²) in [5.74, 6) is -0.530. The van der Waals surface area contributed by atoms with Gasteiger partial charge >= 0.3 is 6.18 Å². The standard InChI is InChI=1S/C21H26F3N5O3S/c1-12(5-7-27-19(25-4)29-14(3)21(22,23)24)9-13(2)15-11-28-18(33-15)20(32)6-8-26-17(31)10-16(20)30/h5,7,9,11,16,30,32H,2,6,8,10H2,1,3-4H3,(H,25,27)(H,26,31)/b7-5+,12-9-,29-14+. The van der Waals surface area contributed by atoms with E-state index in [1.54, 1.807) is 19.1 Å². The van der Waals surface area contributed by atoms with E-state index in [1.807, 2.05) is 0 Å². The summed E-state index contributed by atoms with van der Waals surface area (Å²) in [7, 11) is 1.32. The van der Waals surface area contributed by atoms with E-state index in [1.165, 1.54) is 19.4 Å². The topological polar surface area (TPSA) is 119 Å². The monoisotopic (exact) mass is 485 g/mol. The summed E-state index contributed by atoms with van der Waals surface area (Å²) in [4.78, 5) is 23.6. The van der Waals surface area contributed by atoms with Gasteiger partial charge in [0.2, 0.25) is 11.9 Å². The van der Waals surface area contributed by atoms with Crippen LogP contribution < -0.4 is 10.6 Å². The van der Waals surface area contributed by atoms with Crippen LogP contribution >= 0.6 is 11.3 Å². The highest BCUT2D eigenvalue weighted by molar-refractivity contribution is 7.12. The van der Waals surface area contributed by atoms with Gasteiger partial charge in [0.25, 0.3) is 0 Å². The molecule has 0 radical (unpaired) electrons. The summed E-state index contributed by atoms with van der Waals surface area (Å²) in [6.45, 7) is 6.81. The van der Waals surface area contributed by atoms with Crippen molar-refractivity contribution in [2.45, 2.75) is 44.6 Å². The van der Waals surface area contributed by atoms with Crippen molar-refractivity contribution in [3.05, 3.63) is 46.6 Å². The number of carbonyl (C=O) groups is 1. The number of aliphatic hydroxyl groups excluding tert-OH is 1. The zero-order valence-corrected chi connectivity index (χ0v) is 19.2. The number of hydrogen-bond donors (Lipinski definition) is 4. The Labute approximate surface area is 193 Å². The van der Waals surface area contributed by atoms with Gasteiger partial charge < -0.3 is 20.8 Å². The van der Waals surface area contributed by atoms with Crippen LogP contribution in [0.2, 0.25) is 0 Å². The van der Waals surface area contributed by atoms with Gasteiger partial charge in [-0.2, -0.15) is 13.2 Å². The first kappa shape index (κ1) is 26.4. The fourth-order valence-corrected chi connectivity index (χ4v) is 3.88. The maximum absolute atomic E-state index is 12.6. The Morgan fingerprint density at radius 3 is 2.79 bits per heavy atom. The minimum absolute atomic E-state index is 0.125. The minimum Gasteiger partial charge on any atom is -0.389 e. The molecule has 0 bridgehead atoms. The highest BCUT2D eigenvalue weighted by Crippen LogP contribution is 2.36. The van der Waals surface area contributed by atoms with Crippen LogP contribution in [0.15, 0.2) is 46.7 Å². The van der Waals surface area contributed by atoms with Crippen LogP contribution in [-0.2, 0) is 10.4 Å². The Bertz CT molecular complexity index is 1010. The molecule has 2 atom stereocenters. The van der Waals surface area contributed by atoms with Gasteiger partial charge in [0.1, 0.15) is 16.3 Å². The number of nitrogens with one attached hydrogen (secondary N) is 2. The summed E-state index contributed by atoms with van der Waals surface area (Å²) < 4.78 is 37.8. The summed E-state index contributed by atoms with van der Waals surface area (Å²) in [6.07, 6.45) is 0.346. The lowest BCUT2D eigenvalue weighted by Crippen LogP contribution is -2.39. The molecule has 1 aliphatic rings. The molecular formula is C21H26F3N5O3S. The number of aromatic nitrogens is 1. The van der Waals surface area contributed by atoms with Gasteiger partial charge in [0, 0.05) is 32.4 Å². The van der Waals surface area contributed by atoms with Gasteiger partial charge in [-0.3, -0.25) is 9.79 Å². The number of halogens is 3. The molecule has 0 aliphatic carbocycles. The number of guanidine groups is 1. The van der Waals surface area contributed by atoms with E-state index in [9.17, 15) is 28.2 Å². The number of aliphatic hydroxyl groups is 2. The van der Waals surface area contributed by atoms with Crippen LogP contribution in [0.25, 0.3) is 5.57 Å². The molecule has 33 heavy (non-hydrogen) atoms. The molecule has 1 aromatic rings. The molecule has 8 nitrogen and oxygen atoms in total. The Morgan fingerprint density at radius 1 is 1.45 bits per heavy atom. The van der Waals surface area contributed by atoms with Crippen LogP contribution in [-0.4, -0.2) is 58.6 Å². The number of carbonyl (C=O) groups excluding carboxylic acids is 1. The zero-order chi connectivity index (χ0) is 24.8. The van der Waals surface area contributed by atoms with Crippen molar-refractivity contribution in [3.8, 4) is 0 Å². The number of rotatable bonds is 5. The van der Waals surface area contributed by atoms with Crippen molar-refractivity contribution in [2.75, 3.05) is 13.6 Å². The number of allylic oxidation sites excluding steroid dienone is 4. The van der Waals surface area contributed by atoms with Crippen molar-refractivity contribution in [1.29, 1.82) is 0 Å². The minimum atomic E-state index is -4.53. The second-order valence-corrected chi connectivity index (χ2v) is 8.44. The highest BCUT2D eigenvalue weighted by atomic mass is 32.1. The zero-order valence-electron chi connectivity index (χ0n) is 18.4. The third kappa shape index (κ3) is 7.07. The molecule has 2 heterocycles. The summed E-state index contributed by atoms with van der Waals surface area (Å²) in [5, 5.41) is 26.7. The normalized spacial score (nSPS) is 23.5. The molecule has 0 aromatic carbocycles. The van der Waals surface area contributed by atoms with Crippen LogP contribution in [0.1, 0.15) is 36.6 Å². The molecule has 2 rings (SSSR count). The molecule has 4 N–H and O–H groups in total. The van der Waals surface area contributed by atoms with E-state index in [4.69, 9.17) is 0 Å². The Hall–Kier alpha value is -2.83. The molecular weight excluding hydrogens is 459 g/mol. The Kier molecular flexibility index (Phi) is 8.69. The number of hydrogen-bond acceptors (Lipinski definition) is 6. The lowest BCUT2D eigenvalue weighted by Gasteiger charge is -2.28. The maximum atomic E-state index is 12.6. The average Bonchev–Trinajstić information content (AvgIpc) is 3.18. The van der Waals surface area contributed by atoms with E-state index < -0.39 is 23.6 Å². The van der Waals surface area contributed by atoms with Crippen molar-refractivity contribution >= 4 is 34.5 Å². The first-order valence-corrected chi connectivity index (χ1v) is 10.7. The fourth-order valence-electron chi connectivity index (χ4n) is 2.86. The lowest BCUT2D eigenvalue weighted by atomic mass is 9.92. The van der Waals surface area contributed by atoms with Crippen molar-refractivity contribution in [3.63, 3.8) is 0 Å². The molecule has 12 heteroatoms. The Balaban J connectivity index is 2.08. The van der Waals surface area contributed by atoms with Gasteiger partial charge in [-0.1, -0.05) is 12.7 Å². The molecule has 1 fully saturated rings. The van der Waals surface area contributed by atoms with Crippen LogP contribution in [0.4, 0.5) is 13.2 Å². The first-order chi connectivity index (χ1) is 15.4. The number of thiazole rings is 1. The van der Waals surface area contributed by atoms with E-state index in [2.05, 4.69) is 32.2 Å². The smallest absolute Gasteiger partial charge is 0.389 e. The lowest BCUT2D eigenvalue weighted by molar-refractivity contribution is -0.127. The molecule has 0 spiro atoms. The van der Waals surface area contributed by atoms with Crippen molar-refractivity contribution < 1.29 is 28.2 Å². The molecule has 2 unspecified atom stereocenters. The molecule has 1 saturated heterocycles. The van der Waals surface area contributed by atoms with E-state index in [-0.39, 0.29) is 36.3 Å². The van der Waals surface area contributed by atoms with Gasteiger partial charge in [0.15, 0.2) is 0 Å². The second-order valence-electron chi connectivity index (χ2n) is 7.41. The van der Waals surface area contributed by atoms with Gasteiger partial charge in [-0.25, -0.2) is 9.98 Å². The number of nitrogens with zero attached hydrogens (tertiary/aromatic N) is 3. The predicted octanol–water partition coefficient (Wildman–Crippen LogP) is 2.67. The maximum Gasteiger partial charge on any atom is 0.429 e. The number of aliphatic imine (C=N–C) groups is 2. The number of amides is 1. The highest BCUT2D eigenvalue weighted by Gasteiger charge is 2.42. The van der Waals surface area contributed by atoms with Crippen LogP contribution in [0.3, 0.4) is 0 Å². The van der Waals surface area contributed by atoms with Crippen molar-refractivity contribution in [2.24, 2.45) is 9.98 Å². The SMILES string of the molecule is C=C(/C=C(C)\C=C\NC(=NC)/N=C(\C)C(F)(F)F)c1cnc(C2(O)CCNC(=O)CC2O)s1. The molecule has 1 aromatic heterocycles. The van der Waals surface area contributed by atoms with Gasteiger partial charge in [-0.05, 0) is 31.1 Å². The average molecular weight is 486 g/mol. The summed E-state index contributed by atoms with van der Waals surface area (Å²) in [6, 6.07) is 0. The summed E-state index contributed by atoms with van der Waals surface area (Å²) in [5.41, 5.74) is -1.36. The second kappa shape index (κ2) is 10.9. The molecule has 180 valence electrons. The Morgan fingerprint density at radius 2 is 2.15 bits per heavy atom. The largest absolute Gasteiger partial charge is 0.429 e.